The number of aryl methyl sites for hydroxylation is 1. The molecule has 0 bridgehead atoms. The highest BCUT2D eigenvalue weighted by Gasteiger charge is 2.31. The Kier molecular flexibility index (Phi) is 3.57. The second-order valence-corrected chi connectivity index (χ2v) is 5.27. The van der Waals surface area contributed by atoms with Crippen LogP contribution in [0.1, 0.15) is 16.8 Å². The lowest BCUT2D eigenvalue weighted by Gasteiger charge is -2.22. The standard InChI is InChI=1S/C14H11BrFNO/c1-10-8-12(6-7-17-10)14(15,9-18)11-2-4-13(16)5-3-11/h2-9H,1H3. The van der Waals surface area contributed by atoms with Crippen molar-refractivity contribution in [3.05, 3.63) is 65.2 Å². The molecule has 0 radical (unpaired) electrons. The summed E-state index contributed by atoms with van der Waals surface area (Å²) in [4.78, 5) is 15.6. The van der Waals surface area contributed by atoms with Gasteiger partial charge in [-0.1, -0.05) is 28.1 Å². The lowest BCUT2D eigenvalue weighted by atomic mass is 9.92. The molecule has 0 saturated heterocycles. The molecule has 2 rings (SSSR count). The number of hydrogen-bond acceptors (Lipinski definition) is 2. The molecule has 0 N–H and O–H groups in total. The number of rotatable bonds is 3. The first kappa shape index (κ1) is 12.9. The highest BCUT2D eigenvalue weighted by molar-refractivity contribution is 9.10. The lowest BCUT2D eigenvalue weighted by Crippen LogP contribution is -2.21. The maximum Gasteiger partial charge on any atom is 0.145 e. The first-order chi connectivity index (χ1) is 8.56. The minimum absolute atomic E-state index is 0.328. The summed E-state index contributed by atoms with van der Waals surface area (Å²) in [6.45, 7) is 1.85. The number of nitrogens with zero attached hydrogens (tertiary/aromatic N) is 1. The average Bonchev–Trinajstić information content (AvgIpc) is 2.38. The molecular formula is C14H11BrFNO. The molecule has 1 aromatic carbocycles. The molecule has 0 amide bonds. The maximum absolute atomic E-state index is 12.9. The van der Waals surface area contributed by atoms with Crippen molar-refractivity contribution >= 4 is 22.2 Å². The Labute approximate surface area is 113 Å². The minimum Gasteiger partial charge on any atom is -0.301 e. The van der Waals surface area contributed by atoms with Crippen molar-refractivity contribution in [1.82, 2.24) is 4.98 Å². The van der Waals surface area contributed by atoms with Crippen LogP contribution >= 0.6 is 15.9 Å². The lowest BCUT2D eigenvalue weighted by molar-refractivity contribution is -0.109. The van der Waals surface area contributed by atoms with Gasteiger partial charge in [-0.05, 0) is 42.3 Å². The highest BCUT2D eigenvalue weighted by Crippen LogP contribution is 2.36. The van der Waals surface area contributed by atoms with Gasteiger partial charge in [-0.2, -0.15) is 0 Å². The van der Waals surface area contributed by atoms with E-state index < -0.39 is 4.32 Å². The van der Waals surface area contributed by atoms with Gasteiger partial charge in [0.1, 0.15) is 16.4 Å². The van der Waals surface area contributed by atoms with E-state index in [0.29, 0.717) is 5.56 Å². The fourth-order valence-electron chi connectivity index (χ4n) is 1.77. The van der Waals surface area contributed by atoms with Crippen LogP contribution in [0.2, 0.25) is 0 Å². The Morgan fingerprint density at radius 2 is 1.89 bits per heavy atom. The van der Waals surface area contributed by atoms with E-state index in [1.54, 1.807) is 24.4 Å². The van der Waals surface area contributed by atoms with Crippen LogP contribution in [0.3, 0.4) is 0 Å². The molecule has 4 heteroatoms. The van der Waals surface area contributed by atoms with E-state index in [1.807, 2.05) is 13.0 Å². The van der Waals surface area contributed by atoms with Crippen molar-refractivity contribution in [2.75, 3.05) is 0 Å². The third-order valence-corrected chi connectivity index (χ3v) is 3.85. The zero-order valence-corrected chi connectivity index (χ0v) is 11.3. The van der Waals surface area contributed by atoms with Crippen molar-refractivity contribution in [3.63, 3.8) is 0 Å². The summed E-state index contributed by atoms with van der Waals surface area (Å²) >= 11 is 3.44. The molecule has 0 fully saturated rings. The number of aromatic nitrogens is 1. The van der Waals surface area contributed by atoms with Crippen LogP contribution in [-0.2, 0) is 9.12 Å². The van der Waals surface area contributed by atoms with Gasteiger partial charge in [-0.3, -0.25) is 4.98 Å². The Morgan fingerprint density at radius 3 is 2.44 bits per heavy atom. The summed E-state index contributed by atoms with van der Waals surface area (Å²) < 4.78 is 12.0. The van der Waals surface area contributed by atoms with Gasteiger partial charge in [-0.25, -0.2) is 4.39 Å². The topological polar surface area (TPSA) is 30.0 Å². The average molecular weight is 308 g/mol. The van der Waals surface area contributed by atoms with E-state index in [1.165, 1.54) is 12.1 Å². The summed E-state index contributed by atoms with van der Waals surface area (Å²) in [6, 6.07) is 9.44. The van der Waals surface area contributed by atoms with Crippen LogP contribution < -0.4 is 0 Å². The number of alkyl halides is 1. The molecule has 18 heavy (non-hydrogen) atoms. The molecule has 0 aliphatic rings. The molecule has 2 aromatic rings. The SMILES string of the molecule is Cc1cc(C(Br)(C=O)c2ccc(F)cc2)ccn1. The van der Waals surface area contributed by atoms with Crippen LogP contribution in [0.5, 0.6) is 0 Å². The third-order valence-electron chi connectivity index (χ3n) is 2.74. The number of halogens is 2. The normalized spacial score (nSPS) is 13.9. The van der Waals surface area contributed by atoms with Gasteiger partial charge in [0.25, 0.3) is 0 Å². The zero-order valence-electron chi connectivity index (χ0n) is 9.73. The van der Waals surface area contributed by atoms with E-state index in [4.69, 9.17) is 0 Å². The predicted molar refractivity (Wildman–Crippen MR) is 71.1 cm³/mol. The van der Waals surface area contributed by atoms with Crippen LogP contribution in [0.25, 0.3) is 0 Å². The van der Waals surface area contributed by atoms with Gasteiger partial charge in [0.15, 0.2) is 0 Å². The molecular weight excluding hydrogens is 297 g/mol. The Morgan fingerprint density at radius 1 is 1.22 bits per heavy atom. The largest absolute Gasteiger partial charge is 0.301 e. The van der Waals surface area contributed by atoms with Gasteiger partial charge in [0, 0.05) is 11.9 Å². The number of aldehydes is 1. The number of pyridine rings is 1. The van der Waals surface area contributed by atoms with E-state index in [2.05, 4.69) is 20.9 Å². The van der Waals surface area contributed by atoms with Crippen molar-refractivity contribution in [2.24, 2.45) is 0 Å². The fourth-order valence-corrected chi connectivity index (χ4v) is 2.28. The summed E-state index contributed by atoms with van der Waals surface area (Å²) in [5, 5.41) is 0. The van der Waals surface area contributed by atoms with E-state index in [-0.39, 0.29) is 5.82 Å². The molecule has 0 aliphatic heterocycles. The minimum atomic E-state index is -0.964. The first-order valence-corrected chi connectivity index (χ1v) is 6.20. The van der Waals surface area contributed by atoms with Crippen molar-refractivity contribution < 1.29 is 9.18 Å². The molecule has 0 spiro atoms. The highest BCUT2D eigenvalue weighted by atomic mass is 79.9. The van der Waals surface area contributed by atoms with Gasteiger partial charge in [-0.15, -0.1) is 0 Å². The zero-order chi connectivity index (χ0) is 13.2. The number of carbonyl (C=O) groups excluding carboxylic acids is 1. The molecule has 1 heterocycles. The molecule has 2 nitrogen and oxygen atoms in total. The second-order valence-electron chi connectivity index (χ2n) is 4.02. The summed E-state index contributed by atoms with van der Waals surface area (Å²) in [6.07, 6.45) is 2.45. The van der Waals surface area contributed by atoms with Crippen LogP contribution in [-0.4, -0.2) is 11.3 Å². The number of carbonyl (C=O) groups is 1. The Balaban J connectivity index is 2.54. The summed E-state index contributed by atoms with van der Waals surface area (Å²) in [7, 11) is 0. The molecule has 1 atom stereocenters. The van der Waals surface area contributed by atoms with Gasteiger partial charge in [0.2, 0.25) is 0 Å². The van der Waals surface area contributed by atoms with Crippen LogP contribution in [0.15, 0.2) is 42.6 Å². The first-order valence-electron chi connectivity index (χ1n) is 5.40. The van der Waals surface area contributed by atoms with Crippen molar-refractivity contribution in [3.8, 4) is 0 Å². The van der Waals surface area contributed by atoms with E-state index in [0.717, 1.165) is 17.5 Å². The monoisotopic (exact) mass is 307 g/mol. The van der Waals surface area contributed by atoms with E-state index >= 15 is 0 Å². The third kappa shape index (κ3) is 2.34. The van der Waals surface area contributed by atoms with Gasteiger partial charge in [0.05, 0.1) is 0 Å². The van der Waals surface area contributed by atoms with Gasteiger partial charge >= 0.3 is 0 Å². The van der Waals surface area contributed by atoms with Crippen LogP contribution in [0, 0.1) is 12.7 Å². The molecule has 1 unspecified atom stereocenters. The fraction of sp³-hybridized carbons (Fsp3) is 0.143. The summed E-state index contributed by atoms with van der Waals surface area (Å²) in [5.74, 6) is -0.328. The smallest absolute Gasteiger partial charge is 0.145 e. The molecule has 92 valence electrons. The van der Waals surface area contributed by atoms with Gasteiger partial charge < -0.3 is 4.79 Å². The molecule has 0 aliphatic carbocycles. The van der Waals surface area contributed by atoms with Crippen molar-refractivity contribution in [2.45, 2.75) is 11.2 Å². The Hall–Kier alpha value is -1.55. The molecule has 1 aromatic heterocycles. The summed E-state index contributed by atoms with van der Waals surface area (Å²) in [5.41, 5.74) is 2.28. The number of hydrogen-bond donors (Lipinski definition) is 0. The predicted octanol–water partition coefficient (Wildman–Crippen LogP) is 3.37. The maximum atomic E-state index is 12.9. The van der Waals surface area contributed by atoms with Crippen LogP contribution in [0.4, 0.5) is 4.39 Å². The second kappa shape index (κ2) is 4.98. The van der Waals surface area contributed by atoms with E-state index in [9.17, 15) is 9.18 Å². The molecule has 0 saturated carbocycles. The quantitative estimate of drug-likeness (QED) is 0.643. The number of benzene rings is 1. The Bertz CT molecular complexity index is 570. The van der Waals surface area contributed by atoms with Crippen molar-refractivity contribution in [1.29, 1.82) is 0 Å².